The molecule has 0 bridgehead atoms. The van der Waals surface area contributed by atoms with Crippen molar-refractivity contribution in [3.05, 3.63) is 29.3 Å². The van der Waals surface area contributed by atoms with Crippen LogP contribution in [0, 0.1) is 19.3 Å². The Balaban J connectivity index is 2.35. The van der Waals surface area contributed by atoms with Crippen LogP contribution in [0.25, 0.3) is 0 Å². The van der Waals surface area contributed by atoms with E-state index < -0.39 is 9.84 Å². The van der Waals surface area contributed by atoms with Crippen molar-refractivity contribution in [1.82, 2.24) is 0 Å². The molecule has 2 nitrogen and oxygen atoms in total. The van der Waals surface area contributed by atoms with E-state index in [1.807, 2.05) is 26.0 Å². The first-order chi connectivity index (χ1) is 7.88. The zero-order chi connectivity index (χ0) is 12.7. The SMILES string of the molecule is Cc1ccc(C)c(S(=O)(=O)CC2(CBr)CC2)c1. The monoisotopic (exact) mass is 316 g/mol. The van der Waals surface area contributed by atoms with Crippen LogP contribution in [0.5, 0.6) is 0 Å². The molecule has 2 rings (SSSR count). The Kier molecular flexibility index (Phi) is 3.38. The average Bonchev–Trinajstić information content (AvgIpc) is 3.01. The fraction of sp³-hybridized carbons (Fsp3) is 0.538. The number of alkyl halides is 1. The summed E-state index contributed by atoms with van der Waals surface area (Å²) in [5.74, 6) is 0.273. The molecule has 0 unspecified atom stereocenters. The van der Waals surface area contributed by atoms with Gasteiger partial charge in [-0.3, -0.25) is 0 Å². The number of hydrogen-bond acceptors (Lipinski definition) is 2. The molecule has 0 aliphatic heterocycles. The van der Waals surface area contributed by atoms with Gasteiger partial charge in [0.1, 0.15) is 0 Å². The summed E-state index contributed by atoms with van der Waals surface area (Å²) < 4.78 is 24.8. The van der Waals surface area contributed by atoms with Crippen LogP contribution in [0.4, 0.5) is 0 Å². The second-order valence-electron chi connectivity index (χ2n) is 5.16. The molecule has 0 N–H and O–H groups in total. The fourth-order valence-electron chi connectivity index (χ4n) is 2.02. The molecule has 1 aliphatic rings. The zero-order valence-electron chi connectivity index (χ0n) is 10.2. The van der Waals surface area contributed by atoms with Crippen molar-refractivity contribution in [1.29, 1.82) is 0 Å². The third-order valence-corrected chi connectivity index (χ3v) is 6.71. The molecule has 1 fully saturated rings. The van der Waals surface area contributed by atoms with Crippen LogP contribution >= 0.6 is 15.9 Å². The van der Waals surface area contributed by atoms with Gasteiger partial charge in [-0.1, -0.05) is 28.1 Å². The van der Waals surface area contributed by atoms with E-state index in [0.29, 0.717) is 4.90 Å². The summed E-state index contributed by atoms with van der Waals surface area (Å²) in [7, 11) is -3.15. The Bertz CT molecular complexity index is 530. The lowest BCUT2D eigenvalue weighted by Gasteiger charge is -2.14. The van der Waals surface area contributed by atoms with Gasteiger partial charge in [-0.15, -0.1) is 0 Å². The molecule has 0 saturated heterocycles. The number of rotatable bonds is 4. The molecule has 0 radical (unpaired) electrons. The summed E-state index contributed by atoms with van der Waals surface area (Å²) in [5, 5.41) is 0.782. The smallest absolute Gasteiger partial charge is 0.179 e. The molecule has 1 aliphatic carbocycles. The van der Waals surface area contributed by atoms with E-state index in [0.717, 1.165) is 29.3 Å². The van der Waals surface area contributed by atoms with Crippen LogP contribution in [-0.4, -0.2) is 19.5 Å². The minimum Gasteiger partial charge on any atom is -0.224 e. The normalized spacial score (nSPS) is 18.1. The second-order valence-corrected chi connectivity index (χ2v) is 7.68. The van der Waals surface area contributed by atoms with Crippen LogP contribution in [0.3, 0.4) is 0 Å². The number of halogens is 1. The highest BCUT2D eigenvalue weighted by Gasteiger charge is 2.45. The molecule has 1 aromatic carbocycles. The highest BCUT2D eigenvalue weighted by atomic mass is 79.9. The lowest BCUT2D eigenvalue weighted by atomic mass is 10.2. The van der Waals surface area contributed by atoms with Gasteiger partial charge >= 0.3 is 0 Å². The molecule has 0 atom stereocenters. The summed E-state index contributed by atoms with van der Waals surface area (Å²) in [6, 6.07) is 5.62. The van der Waals surface area contributed by atoms with E-state index in [9.17, 15) is 8.42 Å². The summed E-state index contributed by atoms with van der Waals surface area (Å²) in [6.07, 6.45) is 2.03. The average molecular weight is 317 g/mol. The maximum Gasteiger partial charge on any atom is 0.179 e. The molecule has 94 valence electrons. The molecule has 1 saturated carbocycles. The third-order valence-electron chi connectivity index (χ3n) is 3.42. The van der Waals surface area contributed by atoms with Crippen molar-refractivity contribution in [2.24, 2.45) is 5.41 Å². The zero-order valence-corrected chi connectivity index (χ0v) is 12.6. The largest absolute Gasteiger partial charge is 0.224 e. The minimum absolute atomic E-state index is 0.00494. The summed E-state index contributed by atoms with van der Waals surface area (Å²) in [4.78, 5) is 0.504. The predicted molar refractivity (Wildman–Crippen MR) is 73.4 cm³/mol. The first kappa shape index (κ1) is 13.1. The summed E-state index contributed by atoms with van der Waals surface area (Å²) in [6.45, 7) is 3.79. The van der Waals surface area contributed by atoms with Gasteiger partial charge in [0.25, 0.3) is 0 Å². The number of benzene rings is 1. The first-order valence-corrected chi connectivity index (χ1v) is 8.52. The molecule has 0 heterocycles. The topological polar surface area (TPSA) is 34.1 Å². The van der Waals surface area contributed by atoms with Crippen molar-refractivity contribution < 1.29 is 8.42 Å². The maximum absolute atomic E-state index is 12.4. The Morgan fingerprint density at radius 3 is 2.47 bits per heavy atom. The van der Waals surface area contributed by atoms with Crippen molar-refractivity contribution >= 4 is 25.8 Å². The minimum atomic E-state index is -3.15. The van der Waals surface area contributed by atoms with Crippen molar-refractivity contribution in [2.75, 3.05) is 11.1 Å². The van der Waals surface area contributed by atoms with Crippen molar-refractivity contribution in [2.45, 2.75) is 31.6 Å². The van der Waals surface area contributed by atoms with E-state index in [4.69, 9.17) is 0 Å². The van der Waals surface area contributed by atoms with Gasteiger partial charge in [-0.25, -0.2) is 8.42 Å². The molecule has 0 amide bonds. The highest BCUT2D eigenvalue weighted by Crippen LogP contribution is 2.49. The second kappa shape index (κ2) is 4.39. The van der Waals surface area contributed by atoms with Crippen molar-refractivity contribution in [3.8, 4) is 0 Å². The Labute approximate surface area is 111 Å². The van der Waals surface area contributed by atoms with Gasteiger partial charge in [0.2, 0.25) is 0 Å². The van der Waals surface area contributed by atoms with E-state index in [-0.39, 0.29) is 11.2 Å². The van der Waals surface area contributed by atoms with Crippen LogP contribution in [-0.2, 0) is 9.84 Å². The summed E-state index contributed by atoms with van der Waals surface area (Å²) >= 11 is 3.43. The van der Waals surface area contributed by atoms with Gasteiger partial charge in [-0.05, 0) is 49.3 Å². The highest BCUT2D eigenvalue weighted by molar-refractivity contribution is 9.09. The quantitative estimate of drug-likeness (QED) is 0.799. The van der Waals surface area contributed by atoms with Gasteiger partial charge in [0.15, 0.2) is 9.84 Å². The molecule has 1 aromatic rings. The predicted octanol–water partition coefficient (Wildman–Crippen LogP) is 3.25. The fourth-order valence-corrected chi connectivity index (χ4v) is 5.31. The number of sulfone groups is 1. The van der Waals surface area contributed by atoms with Crippen molar-refractivity contribution in [3.63, 3.8) is 0 Å². The van der Waals surface area contributed by atoms with Crippen LogP contribution in [0.15, 0.2) is 23.1 Å². The number of aryl methyl sites for hydroxylation is 2. The van der Waals surface area contributed by atoms with Crippen LogP contribution in [0.1, 0.15) is 24.0 Å². The van der Waals surface area contributed by atoms with E-state index >= 15 is 0 Å². The Hall–Kier alpha value is -0.350. The third kappa shape index (κ3) is 2.74. The van der Waals surface area contributed by atoms with Crippen LogP contribution in [0.2, 0.25) is 0 Å². The molecular weight excluding hydrogens is 300 g/mol. The lowest BCUT2D eigenvalue weighted by Crippen LogP contribution is -2.19. The molecule has 4 heteroatoms. The van der Waals surface area contributed by atoms with Gasteiger partial charge in [0.05, 0.1) is 10.6 Å². The van der Waals surface area contributed by atoms with Gasteiger partial charge < -0.3 is 0 Å². The van der Waals surface area contributed by atoms with E-state index in [1.165, 1.54) is 0 Å². The van der Waals surface area contributed by atoms with Crippen LogP contribution < -0.4 is 0 Å². The van der Waals surface area contributed by atoms with E-state index in [1.54, 1.807) is 6.07 Å². The molecule has 0 aromatic heterocycles. The maximum atomic E-state index is 12.4. The standard InChI is InChI=1S/C13H17BrO2S/c1-10-3-4-11(2)12(7-10)17(15,16)9-13(8-14)5-6-13/h3-4,7H,5-6,8-9H2,1-2H3. The molecular formula is C13H17BrO2S. The first-order valence-electron chi connectivity index (χ1n) is 5.75. The van der Waals surface area contributed by atoms with Gasteiger partial charge in [-0.2, -0.15) is 0 Å². The Morgan fingerprint density at radius 2 is 1.94 bits per heavy atom. The number of hydrogen-bond donors (Lipinski definition) is 0. The molecule has 17 heavy (non-hydrogen) atoms. The summed E-state index contributed by atoms with van der Waals surface area (Å²) in [5.41, 5.74) is 1.84. The van der Waals surface area contributed by atoms with Gasteiger partial charge in [0, 0.05) is 5.33 Å². The van der Waals surface area contributed by atoms with E-state index in [2.05, 4.69) is 15.9 Å². The Morgan fingerprint density at radius 1 is 1.29 bits per heavy atom. The molecule has 0 spiro atoms. The lowest BCUT2D eigenvalue weighted by molar-refractivity contribution is 0.571.